The monoisotopic (exact) mass is 279 g/mol. The highest BCUT2D eigenvalue weighted by Gasteiger charge is 2.16. The maximum absolute atomic E-state index is 13.3. The molecule has 3 aromatic carbocycles. The molecule has 0 aliphatic carbocycles. The quantitative estimate of drug-likeness (QED) is 0.726. The van der Waals surface area contributed by atoms with E-state index in [9.17, 15) is 4.39 Å². The molecular weight excluding hydrogens is 261 g/mol. The summed E-state index contributed by atoms with van der Waals surface area (Å²) in [4.78, 5) is 0. The van der Waals surface area contributed by atoms with Crippen molar-refractivity contribution in [1.82, 2.24) is 0 Å². The van der Waals surface area contributed by atoms with Crippen LogP contribution in [-0.2, 0) is 0 Å². The lowest BCUT2D eigenvalue weighted by atomic mass is 9.89. The molecule has 0 radical (unpaired) electrons. The van der Waals surface area contributed by atoms with E-state index in [4.69, 9.17) is 5.73 Å². The van der Waals surface area contributed by atoms with E-state index >= 15 is 0 Å². The average Bonchev–Trinajstić information content (AvgIpc) is 2.46. The van der Waals surface area contributed by atoms with E-state index < -0.39 is 0 Å². The van der Waals surface area contributed by atoms with E-state index in [1.54, 1.807) is 6.07 Å². The van der Waals surface area contributed by atoms with Crippen molar-refractivity contribution in [2.75, 3.05) is 0 Å². The Kier molecular flexibility index (Phi) is 3.48. The molecule has 0 fully saturated rings. The summed E-state index contributed by atoms with van der Waals surface area (Å²) in [5, 5.41) is 2.34. The summed E-state index contributed by atoms with van der Waals surface area (Å²) in [6.07, 6.45) is 0. The Labute approximate surface area is 124 Å². The van der Waals surface area contributed by atoms with Gasteiger partial charge in [0.25, 0.3) is 0 Å². The van der Waals surface area contributed by atoms with Crippen molar-refractivity contribution in [1.29, 1.82) is 0 Å². The van der Waals surface area contributed by atoms with Crippen LogP contribution in [0.1, 0.15) is 28.3 Å². The predicted molar refractivity (Wildman–Crippen MR) is 85.9 cm³/mol. The van der Waals surface area contributed by atoms with Gasteiger partial charge in [-0.3, -0.25) is 0 Å². The fourth-order valence-electron chi connectivity index (χ4n) is 2.96. The number of halogens is 1. The van der Waals surface area contributed by atoms with Gasteiger partial charge in [-0.25, -0.2) is 4.39 Å². The average molecular weight is 279 g/mol. The van der Waals surface area contributed by atoms with Crippen molar-refractivity contribution in [2.45, 2.75) is 19.9 Å². The fraction of sp³-hybridized carbons (Fsp3) is 0.158. The normalized spacial score (nSPS) is 12.6. The highest BCUT2D eigenvalue weighted by Crippen LogP contribution is 2.31. The van der Waals surface area contributed by atoms with Crippen LogP contribution in [0, 0.1) is 19.7 Å². The largest absolute Gasteiger partial charge is 0.320 e. The van der Waals surface area contributed by atoms with Crippen LogP contribution in [0.15, 0.2) is 54.6 Å². The van der Waals surface area contributed by atoms with Crippen molar-refractivity contribution in [2.24, 2.45) is 5.73 Å². The van der Waals surface area contributed by atoms with E-state index in [1.165, 1.54) is 17.5 Å². The fourth-order valence-corrected chi connectivity index (χ4v) is 2.96. The molecule has 3 aromatic rings. The van der Waals surface area contributed by atoms with Crippen LogP contribution in [0.2, 0.25) is 0 Å². The summed E-state index contributed by atoms with van der Waals surface area (Å²) in [7, 11) is 0. The van der Waals surface area contributed by atoms with E-state index in [2.05, 4.69) is 31.2 Å². The zero-order valence-electron chi connectivity index (χ0n) is 12.2. The number of benzene rings is 3. The molecule has 0 bridgehead atoms. The molecule has 2 heteroatoms. The SMILES string of the molecule is Cc1cc(F)ccc1C(N)c1c(C)ccc2ccccc12. The zero-order valence-corrected chi connectivity index (χ0v) is 12.2. The van der Waals surface area contributed by atoms with Crippen molar-refractivity contribution >= 4 is 10.8 Å². The molecular formula is C19H18FN. The summed E-state index contributed by atoms with van der Waals surface area (Å²) >= 11 is 0. The van der Waals surface area contributed by atoms with Gasteiger partial charge in [0, 0.05) is 0 Å². The number of rotatable bonds is 2. The summed E-state index contributed by atoms with van der Waals surface area (Å²) in [5.74, 6) is -0.224. The molecule has 1 nitrogen and oxygen atoms in total. The Morgan fingerprint density at radius 3 is 2.43 bits per heavy atom. The zero-order chi connectivity index (χ0) is 15.0. The third-order valence-corrected chi connectivity index (χ3v) is 4.07. The smallest absolute Gasteiger partial charge is 0.123 e. The molecule has 0 saturated carbocycles. The van der Waals surface area contributed by atoms with E-state index in [-0.39, 0.29) is 11.9 Å². The minimum absolute atomic E-state index is 0.224. The van der Waals surface area contributed by atoms with Gasteiger partial charge in [-0.05, 0) is 59.0 Å². The molecule has 3 rings (SSSR count). The molecule has 0 heterocycles. The maximum Gasteiger partial charge on any atom is 0.123 e. The Balaban J connectivity index is 2.21. The molecule has 2 N–H and O–H groups in total. The van der Waals surface area contributed by atoms with Crippen LogP contribution in [0.3, 0.4) is 0 Å². The highest BCUT2D eigenvalue weighted by molar-refractivity contribution is 5.87. The standard InChI is InChI=1S/C19H18FN/c1-12-7-8-14-5-3-4-6-17(14)18(12)19(21)16-10-9-15(20)11-13(16)2/h3-11,19H,21H2,1-2H3. The van der Waals surface area contributed by atoms with Crippen LogP contribution >= 0.6 is 0 Å². The number of hydrogen-bond acceptors (Lipinski definition) is 1. The van der Waals surface area contributed by atoms with E-state index in [0.717, 1.165) is 27.6 Å². The van der Waals surface area contributed by atoms with Crippen molar-refractivity contribution in [3.63, 3.8) is 0 Å². The number of fused-ring (bicyclic) bond motifs is 1. The second kappa shape index (κ2) is 5.30. The Bertz CT molecular complexity index is 808. The minimum atomic E-state index is -0.253. The molecule has 0 aliphatic rings. The minimum Gasteiger partial charge on any atom is -0.320 e. The van der Waals surface area contributed by atoms with E-state index in [1.807, 2.05) is 19.1 Å². The molecule has 0 aromatic heterocycles. The lowest BCUT2D eigenvalue weighted by molar-refractivity contribution is 0.625. The molecule has 1 atom stereocenters. The number of aryl methyl sites for hydroxylation is 2. The number of hydrogen-bond donors (Lipinski definition) is 1. The third-order valence-electron chi connectivity index (χ3n) is 4.07. The van der Waals surface area contributed by atoms with Crippen LogP contribution in [0.4, 0.5) is 4.39 Å². The lowest BCUT2D eigenvalue weighted by Crippen LogP contribution is -2.15. The highest BCUT2D eigenvalue weighted by atomic mass is 19.1. The first-order valence-corrected chi connectivity index (χ1v) is 7.08. The number of nitrogens with two attached hydrogens (primary N) is 1. The van der Waals surface area contributed by atoms with Gasteiger partial charge in [0.05, 0.1) is 6.04 Å². The summed E-state index contributed by atoms with van der Waals surface area (Å²) < 4.78 is 13.3. The van der Waals surface area contributed by atoms with Crippen molar-refractivity contribution in [3.8, 4) is 0 Å². The molecule has 0 aliphatic heterocycles. The van der Waals surface area contributed by atoms with Gasteiger partial charge < -0.3 is 5.73 Å². The topological polar surface area (TPSA) is 26.0 Å². The van der Waals surface area contributed by atoms with Gasteiger partial charge in [0.2, 0.25) is 0 Å². The lowest BCUT2D eigenvalue weighted by Gasteiger charge is -2.20. The second-order valence-corrected chi connectivity index (χ2v) is 5.50. The summed E-state index contributed by atoms with van der Waals surface area (Å²) in [5.41, 5.74) is 10.6. The Hall–Kier alpha value is -2.19. The molecule has 21 heavy (non-hydrogen) atoms. The van der Waals surface area contributed by atoms with Gasteiger partial charge in [-0.15, -0.1) is 0 Å². The first-order valence-electron chi connectivity index (χ1n) is 7.08. The molecule has 0 saturated heterocycles. The predicted octanol–water partition coefficient (Wildman–Crippen LogP) is 4.64. The summed E-state index contributed by atoms with van der Waals surface area (Å²) in [6.45, 7) is 3.97. The molecule has 0 spiro atoms. The maximum atomic E-state index is 13.3. The van der Waals surface area contributed by atoms with E-state index in [0.29, 0.717) is 0 Å². The van der Waals surface area contributed by atoms with Crippen LogP contribution < -0.4 is 5.73 Å². The summed E-state index contributed by atoms with van der Waals surface area (Å²) in [6, 6.07) is 17.0. The third kappa shape index (κ3) is 2.43. The second-order valence-electron chi connectivity index (χ2n) is 5.50. The van der Waals surface area contributed by atoms with Gasteiger partial charge in [-0.2, -0.15) is 0 Å². The van der Waals surface area contributed by atoms with Gasteiger partial charge in [0.15, 0.2) is 0 Å². The molecule has 106 valence electrons. The first kappa shape index (κ1) is 13.8. The van der Waals surface area contributed by atoms with Crippen molar-refractivity contribution < 1.29 is 4.39 Å². The molecule has 0 amide bonds. The van der Waals surface area contributed by atoms with Crippen LogP contribution in [-0.4, -0.2) is 0 Å². The first-order chi connectivity index (χ1) is 10.1. The van der Waals surface area contributed by atoms with Crippen LogP contribution in [0.25, 0.3) is 10.8 Å². The van der Waals surface area contributed by atoms with Gasteiger partial charge in [0.1, 0.15) is 5.82 Å². The van der Waals surface area contributed by atoms with Gasteiger partial charge in [-0.1, -0.05) is 42.5 Å². The van der Waals surface area contributed by atoms with Crippen LogP contribution in [0.5, 0.6) is 0 Å². The Morgan fingerprint density at radius 1 is 0.905 bits per heavy atom. The van der Waals surface area contributed by atoms with Crippen molar-refractivity contribution in [3.05, 3.63) is 82.7 Å². The molecule has 1 unspecified atom stereocenters. The Morgan fingerprint density at radius 2 is 1.67 bits per heavy atom. The van der Waals surface area contributed by atoms with Gasteiger partial charge >= 0.3 is 0 Å².